The maximum Gasteiger partial charge on any atom is 0.405 e. The molecule has 0 atom stereocenters. The normalized spacial score (nSPS) is 14.8. The number of rotatable bonds is 7. The molecule has 1 aliphatic rings. The van der Waals surface area contributed by atoms with E-state index in [0.29, 0.717) is 29.6 Å². The summed E-state index contributed by atoms with van der Waals surface area (Å²) in [5, 5.41) is 1.74. The first kappa shape index (κ1) is 20.7. The minimum atomic E-state index is -4.51. The fourth-order valence-corrected chi connectivity index (χ4v) is 2.49. The van der Waals surface area contributed by atoms with Gasteiger partial charge in [-0.25, -0.2) is 4.39 Å². The van der Waals surface area contributed by atoms with Crippen LogP contribution < -0.4 is 15.8 Å². The van der Waals surface area contributed by atoms with Crippen molar-refractivity contribution in [2.45, 2.75) is 12.6 Å². The molecule has 6 nitrogen and oxygen atoms in total. The molecule has 0 spiro atoms. The van der Waals surface area contributed by atoms with Crippen LogP contribution in [0.25, 0.3) is 0 Å². The molecule has 0 radical (unpaired) electrons. The average molecular weight is 389 g/mol. The van der Waals surface area contributed by atoms with E-state index < -0.39 is 31.1 Å². The predicted octanol–water partition coefficient (Wildman–Crippen LogP) is 1.55. The Morgan fingerprint density at radius 2 is 2.11 bits per heavy atom. The lowest BCUT2D eigenvalue weighted by Crippen LogP contribution is -2.45. The first-order valence-corrected chi connectivity index (χ1v) is 8.10. The molecule has 1 aromatic rings. The lowest BCUT2D eigenvalue weighted by atomic mass is 9.98. The van der Waals surface area contributed by atoms with E-state index in [1.807, 2.05) is 0 Å². The molecule has 148 valence electrons. The van der Waals surface area contributed by atoms with Crippen molar-refractivity contribution < 1.29 is 31.9 Å². The Bertz CT molecular complexity index is 735. The summed E-state index contributed by atoms with van der Waals surface area (Å²) in [7, 11) is 0. The molecule has 0 bridgehead atoms. The lowest BCUT2D eigenvalue weighted by molar-refractivity contribution is -0.138. The van der Waals surface area contributed by atoms with Crippen molar-refractivity contribution in [3.8, 4) is 5.75 Å². The van der Waals surface area contributed by atoms with Gasteiger partial charge in [0.25, 0.3) is 5.91 Å². The summed E-state index contributed by atoms with van der Waals surface area (Å²) < 4.78 is 54.3. The Hall–Kier alpha value is -2.62. The maximum atomic E-state index is 12.5. The number of fused-ring (bicyclic) bond motifs is 1. The van der Waals surface area contributed by atoms with Crippen LogP contribution in [-0.2, 0) is 11.2 Å². The molecule has 1 heterocycles. The molecule has 2 amide bonds. The van der Waals surface area contributed by atoms with Gasteiger partial charge in [0.05, 0.1) is 12.9 Å². The zero-order valence-corrected chi connectivity index (χ0v) is 14.3. The number of carbonyl (C=O) groups is 2. The largest absolute Gasteiger partial charge is 0.489 e. The van der Waals surface area contributed by atoms with E-state index in [1.165, 1.54) is 17.0 Å². The van der Waals surface area contributed by atoms with E-state index in [-0.39, 0.29) is 25.3 Å². The van der Waals surface area contributed by atoms with Gasteiger partial charge >= 0.3 is 6.18 Å². The molecule has 1 aliphatic heterocycles. The fraction of sp³-hybridized carbons (Fsp3) is 0.412. The van der Waals surface area contributed by atoms with Crippen LogP contribution in [0.1, 0.15) is 15.9 Å². The van der Waals surface area contributed by atoms with Gasteiger partial charge in [-0.3, -0.25) is 9.59 Å². The van der Waals surface area contributed by atoms with E-state index in [0.717, 1.165) is 0 Å². The van der Waals surface area contributed by atoms with Gasteiger partial charge < -0.3 is 20.7 Å². The third kappa shape index (κ3) is 5.95. The van der Waals surface area contributed by atoms with E-state index in [9.17, 15) is 27.2 Å². The van der Waals surface area contributed by atoms with E-state index in [2.05, 4.69) is 0 Å². The summed E-state index contributed by atoms with van der Waals surface area (Å²) >= 11 is 0. The van der Waals surface area contributed by atoms with Crippen LogP contribution in [0.5, 0.6) is 5.75 Å². The first-order valence-electron chi connectivity index (χ1n) is 8.10. The Labute approximate surface area is 152 Å². The van der Waals surface area contributed by atoms with Gasteiger partial charge in [-0.05, 0) is 30.2 Å². The molecule has 2 rings (SSSR count). The second kappa shape index (κ2) is 8.85. The monoisotopic (exact) mass is 389 g/mol. The van der Waals surface area contributed by atoms with Crippen LogP contribution in [0, 0.1) is 0 Å². The van der Waals surface area contributed by atoms with Crippen molar-refractivity contribution in [2.24, 2.45) is 5.73 Å². The van der Waals surface area contributed by atoms with Crippen LogP contribution in [0.15, 0.2) is 30.1 Å². The van der Waals surface area contributed by atoms with Crippen molar-refractivity contribution in [1.82, 2.24) is 10.2 Å². The fourth-order valence-electron chi connectivity index (χ4n) is 2.49. The average Bonchev–Trinajstić information content (AvgIpc) is 2.62. The van der Waals surface area contributed by atoms with Gasteiger partial charge in [0.2, 0.25) is 5.91 Å². The molecule has 0 aliphatic carbocycles. The summed E-state index contributed by atoms with van der Waals surface area (Å²) in [4.78, 5) is 25.2. The van der Waals surface area contributed by atoms with Gasteiger partial charge in [-0.15, -0.1) is 0 Å². The Morgan fingerprint density at radius 3 is 2.74 bits per heavy atom. The number of nitrogens with two attached hydrogens (primary N) is 1. The van der Waals surface area contributed by atoms with Crippen molar-refractivity contribution in [3.05, 3.63) is 41.2 Å². The molecular formula is C17H19F4N3O3. The molecule has 0 aromatic heterocycles. The SMILES string of the molecule is NC/C(=C/F)COc1ccc2c(c1)CCN(CC(=O)NCC(F)(F)F)C2=O. The molecule has 0 fully saturated rings. The Morgan fingerprint density at radius 1 is 1.37 bits per heavy atom. The summed E-state index contributed by atoms with van der Waals surface area (Å²) in [5.74, 6) is -0.890. The summed E-state index contributed by atoms with van der Waals surface area (Å²) in [6.45, 7) is -1.71. The standard InChI is InChI=1S/C17H19F4N3O3/c18-6-11(7-22)9-27-13-1-2-14-12(5-13)3-4-24(16(14)26)8-15(25)23-10-17(19,20)21/h1-2,5-6H,3-4,7-10,22H2,(H,23,25)/b11-6-. The molecular weight excluding hydrogens is 370 g/mol. The van der Waals surface area contributed by atoms with Gasteiger partial charge in [-0.2, -0.15) is 13.2 Å². The number of alkyl halides is 3. The highest BCUT2D eigenvalue weighted by atomic mass is 19.4. The maximum absolute atomic E-state index is 12.5. The van der Waals surface area contributed by atoms with Gasteiger partial charge in [0.15, 0.2) is 0 Å². The molecule has 0 unspecified atom stereocenters. The smallest absolute Gasteiger partial charge is 0.405 e. The highest BCUT2D eigenvalue weighted by Gasteiger charge is 2.30. The molecule has 27 heavy (non-hydrogen) atoms. The number of amides is 2. The number of ether oxygens (including phenoxy) is 1. The Balaban J connectivity index is 1.98. The van der Waals surface area contributed by atoms with Crippen molar-refractivity contribution in [3.63, 3.8) is 0 Å². The zero-order valence-electron chi connectivity index (χ0n) is 14.3. The van der Waals surface area contributed by atoms with Crippen LogP contribution in [0.4, 0.5) is 17.6 Å². The first-order chi connectivity index (χ1) is 12.7. The van der Waals surface area contributed by atoms with Gasteiger partial charge in [0, 0.05) is 24.2 Å². The molecule has 0 saturated heterocycles. The number of halogens is 4. The minimum absolute atomic E-state index is 0.0191. The minimum Gasteiger partial charge on any atom is -0.489 e. The quantitative estimate of drug-likeness (QED) is 0.693. The summed E-state index contributed by atoms with van der Waals surface area (Å²) in [6, 6.07) is 4.67. The highest BCUT2D eigenvalue weighted by molar-refractivity contribution is 5.98. The summed E-state index contributed by atoms with van der Waals surface area (Å²) in [6.07, 6.45) is -3.72. The van der Waals surface area contributed by atoms with Crippen molar-refractivity contribution in [2.75, 3.05) is 32.8 Å². The van der Waals surface area contributed by atoms with Crippen LogP contribution in [-0.4, -0.2) is 55.7 Å². The lowest BCUT2D eigenvalue weighted by Gasteiger charge is -2.28. The number of carbonyl (C=O) groups excluding carboxylic acids is 2. The molecule has 0 saturated carbocycles. The highest BCUT2D eigenvalue weighted by Crippen LogP contribution is 2.24. The number of nitrogens with one attached hydrogen (secondary N) is 1. The Kier molecular flexibility index (Phi) is 6.78. The van der Waals surface area contributed by atoms with Crippen LogP contribution >= 0.6 is 0 Å². The number of hydrogen-bond donors (Lipinski definition) is 2. The van der Waals surface area contributed by atoms with Crippen LogP contribution in [0.3, 0.4) is 0 Å². The van der Waals surface area contributed by atoms with E-state index >= 15 is 0 Å². The zero-order chi connectivity index (χ0) is 20.0. The van der Waals surface area contributed by atoms with E-state index in [1.54, 1.807) is 11.4 Å². The van der Waals surface area contributed by atoms with Gasteiger partial charge in [0.1, 0.15) is 18.9 Å². The molecule has 3 N–H and O–H groups in total. The topological polar surface area (TPSA) is 84.7 Å². The molecule has 10 heteroatoms. The second-order valence-electron chi connectivity index (χ2n) is 5.95. The number of nitrogens with zero attached hydrogens (tertiary/aromatic N) is 1. The number of benzene rings is 1. The van der Waals surface area contributed by atoms with Crippen molar-refractivity contribution >= 4 is 11.8 Å². The second-order valence-corrected chi connectivity index (χ2v) is 5.95. The predicted molar refractivity (Wildman–Crippen MR) is 88.9 cm³/mol. The third-order valence-corrected chi connectivity index (χ3v) is 3.91. The third-order valence-electron chi connectivity index (χ3n) is 3.91. The van der Waals surface area contributed by atoms with Crippen molar-refractivity contribution in [1.29, 1.82) is 0 Å². The summed E-state index contributed by atoms with van der Waals surface area (Å²) in [5.41, 5.74) is 6.65. The van der Waals surface area contributed by atoms with Gasteiger partial charge in [-0.1, -0.05) is 0 Å². The molecule has 1 aromatic carbocycles. The van der Waals surface area contributed by atoms with E-state index in [4.69, 9.17) is 10.5 Å². The van der Waals surface area contributed by atoms with Crippen LogP contribution in [0.2, 0.25) is 0 Å². The number of hydrogen-bond acceptors (Lipinski definition) is 4.